The summed E-state index contributed by atoms with van der Waals surface area (Å²) in [6.45, 7) is 11.8. The predicted octanol–water partition coefficient (Wildman–Crippen LogP) is 14.8. The second-order valence-electron chi connectivity index (χ2n) is 22.7. The summed E-state index contributed by atoms with van der Waals surface area (Å²) in [5.41, 5.74) is 17.2. The molecule has 8 aliphatic rings. The molecule has 0 amide bonds. The van der Waals surface area contributed by atoms with Crippen LogP contribution in [0.4, 0.5) is 0 Å². The maximum absolute atomic E-state index is 7.55. The Morgan fingerprint density at radius 3 is 1.91 bits per heavy atom. The Hall–Kier alpha value is -4.30. The third kappa shape index (κ3) is 4.03. The van der Waals surface area contributed by atoms with E-state index in [1.165, 1.54) is 137 Å². The molecule has 2 aromatic heterocycles. The first-order chi connectivity index (χ1) is 28.0. The first-order valence-electron chi connectivity index (χ1n) is 23.2. The van der Waals surface area contributed by atoms with Crippen molar-refractivity contribution in [2.24, 2.45) is 40.9 Å². The van der Waals surface area contributed by atoms with Crippen molar-refractivity contribution in [3.8, 4) is 16.8 Å². The number of benzene rings is 5. The second-order valence-corrected chi connectivity index (χ2v) is 22.7. The predicted molar refractivity (Wildman–Crippen MR) is 239 cm³/mol. The molecular weight excluding hydrogens is 703 g/mol. The van der Waals surface area contributed by atoms with Crippen LogP contribution in [-0.2, 0) is 16.2 Å². The number of aryl methyl sites for hydroxylation is 2. The Morgan fingerprint density at radius 1 is 0.586 bits per heavy atom. The Morgan fingerprint density at radius 2 is 1.24 bits per heavy atom. The standard InChI is InChI=1S/C56H57NO/c1-31-10-6-7-11-41(31)49-32(2)14-15-47-50(49)42-12-8-9-13-46(42)57(47)48-24-37(54-25-33-16-34(26-54)18-35(17-33)27-54)22-44-43-21-36(23-45(53(3,4)5)51(43)58-52(44)48)55-28-39-19-38-20-40(29-55)56(38,39)30-55/h6-15,21-24,33-35,38-40H,16-20,25-30H2,1-5H3. The molecule has 6 bridgehead atoms. The summed E-state index contributed by atoms with van der Waals surface area (Å²) in [5, 5.41) is 5.42. The fourth-order valence-corrected chi connectivity index (χ4v) is 16.8. The first kappa shape index (κ1) is 33.5. The van der Waals surface area contributed by atoms with Crippen LogP contribution in [0.15, 0.2) is 89.3 Å². The zero-order chi connectivity index (χ0) is 38.7. The number of hydrogen-bond donors (Lipinski definition) is 0. The van der Waals surface area contributed by atoms with Gasteiger partial charge in [0, 0.05) is 27.1 Å². The van der Waals surface area contributed by atoms with Crippen molar-refractivity contribution >= 4 is 43.7 Å². The zero-order valence-electron chi connectivity index (χ0n) is 35.2. The van der Waals surface area contributed by atoms with Crippen molar-refractivity contribution < 1.29 is 4.42 Å². The van der Waals surface area contributed by atoms with E-state index >= 15 is 0 Å². The van der Waals surface area contributed by atoms with Gasteiger partial charge in [-0.3, -0.25) is 0 Å². The molecule has 5 aromatic carbocycles. The molecule has 58 heavy (non-hydrogen) atoms. The summed E-state index contributed by atoms with van der Waals surface area (Å²) in [4.78, 5) is 0. The number of hydrogen-bond acceptors (Lipinski definition) is 1. The summed E-state index contributed by atoms with van der Waals surface area (Å²) in [6, 6.07) is 33.6. The van der Waals surface area contributed by atoms with Crippen LogP contribution in [0.5, 0.6) is 0 Å². The highest BCUT2D eigenvalue weighted by Gasteiger charge is 2.77. The van der Waals surface area contributed by atoms with Gasteiger partial charge in [-0.2, -0.15) is 0 Å². The van der Waals surface area contributed by atoms with Crippen molar-refractivity contribution in [3.63, 3.8) is 0 Å². The van der Waals surface area contributed by atoms with Gasteiger partial charge < -0.3 is 8.98 Å². The van der Waals surface area contributed by atoms with E-state index in [4.69, 9.17) is 4.42 Å². The maximum Gasteiger partial charge on any atom is 0.159 e. The number of rotatable bonds is 4. The van der Waals surface area contributed by atoms with E-state index in [1.54, 1.807) is 11.1 Å². The zero-order valence-corrected chi connectivity index (χ0v) is 35.2. The van der Waals surface area contributed by atoms with E-state index in [2.05, 4.69) is 124 Å². The highest BCUT2D eigenvalue weighted by Crippen LogP contribution is 2.84. The first-order valence-corrected chi connectivity index (χ1v) is 23.2. The monoisotopic (exact) mass is 759 g/mol. The Labute approximate surface area is 343 Å². The van der Waals surface area contributed by atoms with E-state index in [0.29, 0.717) is 10.8 Å². The van der Waals surface area contributed by atoms with Crippen LogP contribution in [0, 0.1) is 54.8 Å². The van der Waals surface area contributed by atoms with E-state index in [0.717, 1.165) is 46.7 Å². The topological polar surface area (TPSA) is 18.1 Å². The molecule has 2 heterocycles. The molecule has 2 heteroatoms. The van der Waals surface area contributed by atoms with Crippen molar-refractivity contribution in [2.45, 2.75) is 121 Å². The van der Waals surface area contributed by atoms with Crippen molar-refractivity contribution in [1.29, 1.82) is 0 Å². The van der Waals surface area contributed by atoms with Crippen LogP contribution < -0.4 is 0 Å². The largest absolute Gasteiger partial charge is 0.454 e. The van der Waals surface area contributed by atoms with Gasteiger partial charge in [-0.25, -0.2) is 0 Å². The third-order valence-corrected chi connectivity index (χ3v) is 18.8. The quantitative estimate of drug-likeness (QED) is 0.175. The molecule has 0 saturated heterocycles. The highest BCUT2D eigenvalue weighted by molar-refractivity contribution is 6.18. The lowest BCUT2D eigenvalue weighted by Gasteiger charge is -2.66. The SMILES string of the molecule is Cc1ccccc1-c1c(C)ccc2c1c1ccccc1n2-c1cc(C23CC4CC(CC(C4)C2)C3)cc2c1oc1c(C(C)(C)C)cc(C34CC5CC6CC(C3)C65C4)cc12. The van der Waals surface area contributed by atoms with Gasteiger partial charge in [0.1, 0.15) is 5.58 Å². The van der Waals surface area contributed by atoms with Gasteiger partial charge in [0.15, 0.2) is 5.58 Å². The molecule has 0 radical (unpaired) electrons. The minimum Gasteiger partial charge on any atom is -0.454 e. The van der Waals surface area contributed by atoms with E-state index in [-0.39, 0.29) is 10.8 Å². The summed E-state index contributed by atoms with van der Waals surface area (Å²) >= 11 is 0. The normalized spacial score (nSPS) is 34.1. The molecule has 15 rings (SSSR count). The van der Waals surface area contributed by atoms with E-state index in [9.17, 15) is 0 Å². The smallest absolute Gasteiger partial charge is 0.159 e. The molecule has 2 atom stereocenters. The van der Waals surface area contributed by atoms with E-state index in [1.807, 2.05) is 0 Å². The maximum atomic E-state index is 7.55. The van der Waals surface area contributed by atoms with Crippen LogP contribution in [-0.4, -0.2) is 4.57 Å². The minimum atomic E-state index is -0.0372. The summed E-state index contributed by atoms with van der Waals surface area (Å²) in [6.07, 6.45) is 15.7. The van der Waals surface area contributed by atoms with Gasteiger partial charge in [-0.15, -0.1) is 0 Å². The average molecular weight is 760 g/mol. The van der Waals surface area contributed by atoms with Crippen LogP contribution in [0.25, 0.3) is 60.6 Å². The van der Waals surface area contributed by atoms with Crippen LogP contribution >= 0.6 is 0 Å². The van der Waals surface area contributed by atoms with Crippen LogP contribution in [0.1, 0.15) is 119 Å². The fourth-order valence-electron chi connectivity index (χ4n) is 16.8. The van der Waals surface area contributed by atoms with E-state index < -0.39 is 0 Å². The lowest BCUT2D eigenvalue weighted by atomic mass is 9.38. The lowest BCUT2D eigenvalue weighted by molar-refractivity contribution is -0.175. The average Bonchev–Trinajstić information content (AvgIpc) is 3.91. The van der Waals surface area contributed by atoms with Gasteiger partial charge in [-0.05, 0) is 205 Å². The van der Waals surface area contributed by atoms with Crippen molar-refractivity contribution in [2.75, 3.05) is 0 Å². The summed E-state index contributed by atoms with van der Waals surface area (Å²) in [7, 11) is 0. The minimum absolute atomic E-state index is 0.0372. The van der Waals surface area contributed by atoms with Crippen molar-refractivity contribution in [1.82, 2.24) is 4.57 Å². The van der Waals surface area contributed by atoms with Gasteiger partial charge >= 0.3 is 0 Å². The third-order valence-electron chi connectivity index (χ3n) is 18.8. The lowest BCUT2D eigenvalue weighted by Crippen LogP contribution is -2.59. The Balaban J connectivity index is 1.09. The number of para-hydroxylation sites is 1. The van der Waals surface area contributed by atoms with Crippen molar-refractivity contribution in [3.05, 3.63) is 113 Å². The molecule has 2 nitrogen and oxygen atoms in total. The van der Waals surface area contributed by atoms with Crippen LogP contribution in [0.3, 0.4) is 0 Å². The highest BCUT2D eigenvalue weighted by atomic mass is 16.3. The number of nitrogens with zero attached hydrogens (tertiary/aromatic N) is 1. The molecule has 8 saturated carbocycles. The number of aromatic nitrogens is 1. The summed E-state index contributed by atoms with van der Waals surface area (Å²) in [5.74, 6) is 5.62. The molecular formula is C56H57NO. The summed E-state index contributed by atoms with van der Waals surface area (Å²) < 4.78 is 10.2. The van der Waals surface area contributed by atoms with Gasteiger partial charge in [0.25, 0.3) is 0 Å². The molecule has 7 aromatic rings. The molecule has 1 spiro atoms. The van der Waals surface area contributed by atoms with Gasteiger partial charge in [-0.1, -0.05) is 75.4 Å². The Kier molecular flexibility index (Phi) is 6.19. The molecule has 292 valence electrons. The molecule has 0 aliphatic heterocycles. The van der Waals surface area contributed by atoms with Gasteiger partial charge in [0.05, 0.1) is 16.7 Å². The Bertz CT molecular complexity index is 2910. The number of fused-ring (bicyclic) bond motifs is 7. The van der Waals surface area contributed by atoms with Crippen LogP contribution in [0.2, 0.25) is 0 Å². The number of furan rings is 1. The molecule has 0 N–H and O–H groups in total. The molecule has 2 unspecified atom stereocenters. The van der Waals surface area contributed by atoms with Gasteiger partial charge in [0.2, 0.25) is 0 Å². The fraction of sp³-hybridized carbons (Fsp3) is 0.464. The second kappa shape index (κ2) is 10.7. The molecule has 8 fully saturated rings. The molecule has 8 aliphatic carbocycles.